The van der Waals surface area contributed by atoms with E-state index in [2.05, 4.69) is 41.0 Å². The fourth-order valence-electron chi connectivity index (χ4n) is 2.23. The first kappa shape index (κ1) is 18.3. The van der Waals surface area contributed by atoms with Crippen LogP contribution in [0.1, 0.15) is 51.6 Å². The van der Waals surface area contributed by atoms with Gasteiger partial charge in [-0.1, -0.05) is 20.8 Å². The monoisotopic (exact) mass is 389 g/mol. The summed E-state index contributed by atoms with van der Waals surface area (Å²) >= 11 is 2.72. The highest BCUT2D eigenvalue weighted by Gasteiger charge is 2.23. The summed E-state index contributed by atoms with van der Waals surface area (Å²) in [4.78, 5) is 36.0. The average Bonchev–Trinajstić information content (AvgIpc) is 3.23. The van der Waals surface area contributed by atoms with Gasteiger partial charge in [0, 0.05) is 22.6 Å². The normalized spacial score (nSPS) is 11.5. The first-order valence-electron chi connectivity index (χ1n) is 7.88. The highest BCUT2D eigenvalue weighted by Crippen LogP contribution is 2.30. The van der Waals surface area contributed by atoms with Crippen LogP contribution < -0.4 is 11.1 Å². The van der Waals surface area contributed by atoms with Gasteiger partial charge in [-0.2, -0.15) is 0 Å². The minimum atomic E-state index is -0.532. The molecule has 0 aliphatic heterocycles. The van der Waals surface area contributed by atoms with Gasteiger partial charge in [0.2, 0.25) is 0 Å². The van der Waals surface area contributed by atoms with Gasteiger partial charge in [-0.25, -0.2) is 9.97 Å². The molecule has 0 radical (unpaired) electrons. The number of nitrogens with two attached hydrogens (primary N) is 1. The summed E-state index contributed by atoms with van der Waals surface area (Å²) in [5, 5.41) is 6.04. The smallest absolute Gasteiger partial charge is 0.269 e. The van der Waals surface area contributed by atoms with Gasteiger partial charge in [0.1, 0.15) is 10.6 Å². The van der Waals surface area contributed by atoms with Crippen molar-refractivity contribution in [2.45, 2.75) is 33.1 Å². The van der Waals surface area contributed by atoms with E-state index in [4.69, 9.17) is 5.73 Å². The van der Waals surface area contributed by atoms with E-state index in [9.17, 15) is 9.59 Å². The molecule has 3 aromatic rings. The summed E-state index contributed by atoms with van der Waals surface area (Å²) in [5.41, 5.74) is 7.56. The van der Waals surface area contributed by atoms with Crippen molar-refractivity contribution in [2.75, 3.05) is 5.32 Å². The number of hydrogen-bond donors (Lipinski definition) is 3. The quantitative estimate of drug-likeness (QED) is 0.633. The van der Waals surface area contributed by atoms with Crippen molar-refractivity contribution in [2.24, 2.45) is 5.73 Å². The maximum atomic E-state index is 12.6. The predicted molar refractivity (Wildman–Crippen MR) is 104 cm³/mol. The molecule has 0 atom stereocenters. The third-order valence-corrected chi connectivity index (χ3v) is 5.95. The zero-order chi connectivity index (χ0) is 19.1. The maximum absolute atomic E-state index is 12.6. The Labute approximate surface area is 158 Å². The van der Waals surface area contributed by atoms with Crippen LogP contribution in [0.5, 0.6) is 0 Å². The molecule has 0 spiro atoms. The van der Waals surface area contributed by atoms with Crippen molar-refractivity contribution in [3.63, 3.8) is 0 Å². The molecule has 3 heterocycles. The van der Waals surface area contributed by atoms with Gasteiger partial charge >= 0.3 is 0 Å². The number of rotatable bonds is 4. The molecule has 2 amide bonds. The number of aromatic nitrogens is 3. The Morgan fingerprint density at radius 1 is 1.27 bits per heavy atom. The lowest BCUT2D eigenvalue weighted by Crippen LogP contribution is -2.11. The summed E-state index contributed by atoms with van der Waals surface area (Å²) in [5.74, 6) is -0.751. The van der Waals surface area contributed by atoms with Crippen LogP contribution in [0.25, 0.3) is 11.3 Å². The number of aryl methyl sites for hydroxylation is 1. The van der Waals surface area contributed by atoms with Gasteiger partial charge in [-0.3, -0.25) is 14.9 Å². The lowest BCUT2D eigenvalue weighted by Gasteiger charge is -2.13. The average molecular weight is 390 g/mol. The Bertz CT molecular complexity index is 978. The summed E-state index contributed by atoms with van der Waals surface area (Å²) in [6.07, 6.45) is 1.66. The molecule has 7 nitrogen and oxygen atoms in total. The second-order valence-electron chi connectivity index (χ2n) is 6.84. The van der Waals surface area contributed by atoms with E-state index >= 15 is 0 Å². The van der Waals surface area contributed by atoms with E-state index < -0.39 is 5.91 Å². The van der Waals surface area contributed by atoms with Gasteiger partial charge in [0.25, 0.3) is 11.8 Å². The maximum Gasteiger partial charge on any atom is 0.269 e. The molecule has 0 saturated carbocycles. The van der Waals surface area contributed by atoms with E-state index in [0.717, 1.165) is 10.6 Å². The molecular weight excluding hydrogens is 370 g/mol. The Morgan fingerprint density at radius 2 is 2.00 bits per heavy atom. The zero-order valence-electron chi connectivity index (χ0n) is 14.8. The lowest BCUT2D eigenvalue weighted by atomic mass is 9.98. The number of nitrogens with one attached hydrogen (secondary N) is 2. The molecule has 0 fully saturated rings. The number of carbonyl (C=O) groups excluding carboxylic acids is 2. The number of anilines is 1. The van der Waals surface area contributed by atoms with E-state index in [0.29, 0.717) is 27.1 Å². The molecule has 0 saturated heterocycles. The van der Waals surface area contributed by atoms with Crippen LogP contribution in [0.2, 0.25) is 0 Å². The van der Waals surface area contributed by atoms with Crippen LogP contribution in [-0.2, 0) is 5.41 Å². The molecule has 0 unspecified atom stereocenters. The fourth-order valence-corrected chi connectivity index (χ4v) is 3.96. The fraction of sp³-hybridized carbons (Fsp3) is 0.294. The standard InChI is InChI=1S/C17H19N5O2S2/c1-8-12(26-15(20-8)17(2,3)4)14(24)22-16-21-11(7-25-16)9-5-10(13(18)23)19-6-9/h5-7,19H,1-4H3,(H2,18,23)(H,21,22,24). The lowest BCUT2D eigenvalue weighted by molar-refractivity contribution is 0.0994. The molecule has 0 bridgehead atoms. The van der Waals surface area contributed by atoms with Crippen LogP contribution in [0.15, 0.2) is 17.6 Å². The van der Waals surface area contributed by atoms with Crippen LogP contribution >= 0.6 is 22.7 Å². The van der Waals surface area contributed by atoms with E-state index in [1.807, 2.05) is 12.3 Å². The summed E-state index contributed by atoms with van der Waals surface area (Å²) in [6.45, 7) is 8.03. The molecule has 4 N–H and O–H groups in total. The second kappa shape index (κ2) is 6.65. The van der Waals surface area contributed by atoms with Crippen LogP contribution in [0.4, 0.5) is 5.13 Å². The van der Waals surface area contributed by atoms with Gasteiger partial charge in [0.05, 0.1) is 16.4 Å². The zero-order valence-corrected chi connectivity index (χ0v) is 16.5. The topological polar surface area (TPSA) is 114 Å². The Balaban J connectivity index is 1.77. The van der Waals surface area contributed by atoms with Gasteiger partial charge in [-0.05, 0) is 13.0 Å². The number of primary amides is 1. The number of nitrogens with zero attached hydrogens (tertiary/aromatic N) is 2. The first-order chi connectivity index (χ1) is 12.1. The van der Waals surface area contributed by atoms with Crippen LogP contribution in [0.3, 0.4) is 0 Å². The van der Waals surface area contributed by atoms with Crippen molar-refractivity contribution in [1.82, 2.24) is 15.0 Å². The van der Waals surface area contributed by atoms with E-state index in [1.54, 1.807) is 12.3 Å². The molecule has 26 heavy (non-hydrogen) atoms. The third kappa shape index (κ3) is 3.68. The molecule has 3 rings (SSSR count). The Kier molecular flexibility index (Phi) is 4.68. The van der Waals surface area contributed by atoms with Crippen molar-refractivity contribution < 1.29 is 9.59 Å². The highest BCUT2D eigenvalue weighted by atomic mass is 32.1. The summed E-state index contributed by atoms with van der Waals surface area (Å²) < 4.78 is 0. The largest absolute Gasteiger partial charge is 0.364 e. The summed E-state index contributed by atoms with van der Waals surface area (Å²) in [6, 6.07) is 1.63. The molecule has 0 aliphatic rings. The molecule has 9 heteroatoms. The molecular formula is C17H19N5O2S2. The van der Waals surface area contributed by atoms with E-state index in [1.165, 1.54) is 22.7 Å². The number of H-pyrrole nitrogens is 1. The van der Waals surface area contributed by atoms with Crippen molar-refractivity contribution in [1.29, 1.82) is 0 Å². The first-order valence-corrected chi connectivity index (χ1v) is 9.58. The van der Waals surface area contributed by atoms with Crippen molar-refractivity contribution in [3.05, 3.63) is 38.9 Å². The second-order valence-corrected chi connectivity index (χ2v) is 8.70. The summed E-state index contributed by atoms with van der Waals surface area (Å²) in [7, 11) is 0. The Morgan fingerprint density at radius 3 is 2.58 bits per heavy atom. The minimum Gasteiger partial charge on any atom is -0.364 e. The number of amides is 2. The predicted octanol–water partition coefficient (Wildman–Crippen LogP) is 3.55. The van der Waals surface area contributed by atoms with Crippen molar-refractivity contribution >= 4 is 39.6 Å². The number of hydrogen-bond acceptors (Lipinski definition) is 6. The van der Waals surface area contributed by atoms with Crippen LogP contribution in [-0.4, -0.2) is 26.8 Å². The van der Waals surface area contributed by atoms with Gasteiger partial charge < -0.3 is 10.7 Å². The number of carbonyl (C=O) groups is 2. The molecule has 3 aromatic heterocycles. The van der Waals surface area contributed by atoms with E-state index in [-0.39, 0.29) is 11.3 Å². The minimum absolute atomic E-state index is 0.102. The SMILES string of the molecule is Cc1nc(C(C)(C)C)sc1C(=O)Nc1nc(-c2c[nH]c(C(N)=O)c2)cs1. The van der Waals surface area contributed by atoms with Gasteiger partial charge in [0.15, 0.2) is 5.13 Å². The molecule has 0 aromatic carbocycles. The van der Waals surface area contributed by atoms with Crippen LogP contribution in [0, 0.1) is 6.92 Å². The van der Waals surface area contributed by atoms with Crippen molar-refractivity contribution in [3.8, 4) is 11.3 Å². The molecule has 136 valence electrons. The molecule has 0 aliphatic carbocycles. The number of thiazole rings is 2. The number of aromatic amines is 1. The van der Waals surface area contributed by atoms with Gasteiger partial charge in [-0.15, -0.1) is 22.7 Å². The third-order valence-electron chi connectivity index (χ3n) is 3.61. The Hall–Kier alpha value is -2.52. The highest BCUT2D eigenvalue weighted by molar-refractivity contribution is 7.15.